The summed E-state index contributed by atoms with van der Waals surface area (Å²) in [7, 11) is 0. The van der Waals surface area contributed by atoms with E-state index < -0.39 is 12.0 Å². The molecule has 0 aliphatic heterocycles. The van der Waals surface area contributed by atoms with Gasteiger partial charge in [-0.25, -0.2) is 4.98 Å². The zero-order chi connectivity index (χ0) is 9.90. The first-order valence-corrected chi connectivity index (χ1v) is 3.58. The Morgan fingerprint density at radius 1 is 1.54 bits per heavy atom. The maximum absolute atomic E-state index is 12.0. The van der Waals surface area contributed by atoms with Gasteiger partial charge in [-0.05, 0) is 6.42 Å². The lowest BCUT2D eigenvalue weighted by Gasteiger charge is -1.99. The standard InChI is InChI=1S/C7H7F3N2O/c8-7(9,10)6-11-4-5(12-6)2-1-3-13/h3-4H,1-2H2,(H,11,12). The SMILES string of the molecule is O=CCCc1cnc(C(F)(F)F)[nH]1. The second kappa shape index (κ2) is 3.59. The molecule has 0 amide bonds. The monoisotopic (exact) mass is 192 g/mol. The summed E-state index contributed by atoms with van der Waals surface area (Å²) in [6, 6.07) is 0. The number of aromatic nitrogens is 2. The molecule has 72 valence electrons. The Bertz CT molecular complexity index is 292. The average molecular weight is 192 g/mol. The Morgan fingerprint density at radius 2 is 2.23 bits per heavy atom. The summed E-state index contributed by atoms with van der Waals surface area (Å²) in [4.78, 5) is 15.2. The highest BCUT2D eigenvalue weighted by Crippen LogP contribution is 2.26. The van der Waals surface area contributed by atoms with E-state index in [1.165, 1.54) is 0 Å². The van der Waals surface area contributed by atoms with Gasteiger partial charge in [0, 0.05) is 18.3 Å². The van der Waals surface area contributed by atoms with Gasteiger partial charge in [-0.15, -0.1) is 0 Å². The first-order chi connectivity index (χ1) is 6.04. The van der Waals surface area contributed by atoms with Crippen molar-refractivity contribution in [1.29, 1.82) is 0 Å². The van der Waals surface area contributed by atoms with Crippen molar-refractivity contribution in [1.82, 2.24) is 9.97 Å². The Kier molecular flexibility index (Phi) is 2.69. The minimum absolute atomic E-state index is 0.194. The van der Waals surface area contributed by atoms with E-state index in [0.717, 1.165) is 6.20 Å². The molecule has 0 aliphatic rings. The van der Waals surface area contributed by atoms with Crippen LogP contribution in [0.15, 0.2) is 6.20 Å². The summed E-state index contributed by atoms with van der Waals surface area (Å²) in [5.74, 6) is -1.02. The van der Waals surface area contributed by atoms with Crippen molar-refractivity contribution in [3.63, 3.8) is 0 Å². The molecular formula is C7H7F3N2O. The predicted molar refractivity (Wildman–Crippen MR) is 38.0 cm³/mol. The summed E-state index contributed by atoms with van der Waals surface area (Å²) < 4.78 is 35.9. The van der Waals surface area contributed by atoms with E-state index in [9.17, 15) is 18.0 Å². The Balaban J connectivity index is 2.69. The summed E-state index contributed by atoms with van der Waals surface area (Å²) >= 11 is 0. The Morgan fingerprint density at radius 3 is 2.69 bits per heavy atom. The average Bonchev–Trinajstić information content (AvgIpc) is 2.47. The molecule has 13 heavy (non-hydrogen) atoms. The first kappa shape index (κ1) is 9.76. The quantitative estimate of drug-likeness (QED) is 0.738. The van der Waals surface area contributed by atoms with Gasteiger partial charge in [0.25, 0.3) is 0 Å². The second-order valence-corrected chi connectivity index (χ2v) is 2.46. The van der Waals surface area contributed by atoms with E-state index >= 15 is 0 Å². The summed E-state index contributed by atoms with van der Waals surface area (Å²) in [6.07, 6.45) is -2.26. The van der Waals surface area contributed by atoms with Crippen molar-refractivity contribution >= 4 is 6.29 Å². The number of halogens is 3. The van der Waals surface area contributed by atoms with Gasteiger partial charge in [0.1, 0.15) is 6.29 Å². The van der Waals surface area contributed by atoms with E-state index in [2.05, 4.69) is 9.97 Å². The third-order valence-electron chi connectivity index (χ3n) is 1.43. The number of imidazole rings is 1. The van der Waals surface area contributed by atoms with Gasteiger partial charge >= 0.3 is 6.18 Å². The van der Waals surface area contributed by atoms with Crippen LogP contribution in [0.1, 0.15) is 17.9 Å². The molecule has 1 rings (SSSR count). The number of hydrogen-bond acceptors (Lipinski definition) is 2. The molecule has 0 radical (unpaired) electrons. The van der Waals surface area contributed by atoms with E-state index in [1.807, 2.05) is 0 Å². The van der Waals surface area contributed by atoms with Crippen LogP contribution in [-0.4, -0.2) is 16.3 Å². The first-order valence-electron chi connectivity index (χ1n) is 3.58. The number of carbonyl (C=O) groups is 1. The number of alkyl halides is 3. The van der Waals surface area contributed by atoms with Crippen LogP contribution in [0.4, 0.5) is 13.2 Å². The minimum atomic E-state index is -4.45. The van der Waals surface area contributed by atoms with Gasteiger partial charge in [0.2, 0.25) is 5.82 Å². The lowest BCUT2D eigenvalue weighted by Crippen LogP contribution is -2.07. The van der Waals surface area contributed by atoms with E-state index in [4.69, 9.17) is 0 Å². The van der Waals surface area contributed by atoms with Crippen molar-refractivity contribution in [2.24, 2.45) is 0 Å². The molecular weight excluding hydrogens is 185 g/mol. The number of H-pyrrole nitrogens is 1. The molecule has 0 unspecified atom stereocenters. The largest absolute Gasteiger partial charge is 0.449 e. The van der Waals surface area contributed by atoms with Crippen molar-refractivity contribution in [2.75, 3.05) is 0 Å². The molecule has 1 aromatic heterocycles. The van der Waals surface area contributed by atoms with Crippen molar-refractivity contribution in [3.8, 4) is 0 Å². The van der Waals surface area contributed by atoms with Crippen molar-refractivity contribution in [3.05, 3.63) is 17.7 Å². The van der Waals surface area contributed by atoms with Crippen LogP contribution in [0.25, 0.3) is 0 Å². The van der Waals surface area contributed by atoms with Crippen LogP contribution in [0.3, 0.4) is 0 Å². The van der Waals surface area contributed by atoms with Crippen LogP contribution in [0.2, 0.25) is 0 Å². The number of aryl methyl sites for hydroxylation is 1. The third kappa shape index (κ3) is 2.57. The molecule has 0 atom stereocenters. The number of hydrogen-bond donors (Lipinski definition) is 1. The van der Waals surface area contributed by atoms with Gasteiger partial charge < -0.3 is 9.78 Å². The molecule has 0 aliphatic carbocycles. The Hall–Kier alpha value is -1.33. The molecule has 1 aromatic rings. The topological polar surface area (TPSA) is 45.8 Å². The zero-order valence-electron chi connectivity index (χ0n) is 6.56. The zero-order valence-corrected chi connectivity index (χ0v) is 6.56. The highest BCUT2D eigenvalue weighted by atomic mass is 19.4. The smallest absolute Gasteiger partial charge is 0.338 e. The van der Waals surface area contributed by atoms with Gasteiger partial charge in [0.15, 0.2) is 0 Å². The lowest BCUT2D eigenvalue weighted by atomic mass is 10.3. The second-order valence-electron chi connectivity index (χ2n) is 2.46. The predicted octanol–water partition coefficient (Wildman–Crippen LogP) is 1.56. The molecule has 0 saturated heterocycles. The number of nitrogens with zero attached hydrogens (tertiary/aromatic N) is 1. The van der Waals surface area contributed by atoms with E-state index in [1.54, 1.807) is 0 Å². The van der Waals surface area contributed by atoms with E-state index in [-0.39, 0.29) is 12.8 Å². The number of aldehydes is 1. The number of nitrogens with one attached hydrogen (secondary N) is 1. The number of rotatable bonds is 3. The molecule has 0 bridgehead atoms. The number of aromatic amines is 1. The van der Waals surface area contributed by atoms with Crippen molar-refractivity contribution in [2.45, 2.75) is 19.0 Å². The summed E-state index contributed by atoms with van der Waals surface area (Å²) in [6.45, 7) is 0. The molecule has 1 heterocycles. The van der Waals surface area contributed by atoms with Gasteiger partial charge in [-0.2, -0.15) is 13.2 Å². The molecule has 0 saturated carbocycles. The van der Waals surface area contributed by atoms with Crippen LogP contribution >= 0.6 is 0 Å². The van der Waals surface area contributed by atoms with Gasteiger partial charge in [-0.3, -0.25) is 0 Å². The van der Waals surface area contributed by atoms with Gasteiger partial charge in [-0.1, -0.05) is 0 Å². The normalized spacial score (nSPS) is 11.6. The fourth-order valence-electron chi connectivity index (χ4n) is 0.845. The molecule has 0 fully saturated rings. The van der Waals surface area contributed by atoms with Crippen LogP contribution in [0, 0.1) is 0 Å². The maximum Gasteiger partial charge on any atom is 0.449 e. The maximum atomic E-state index is 12.0. The minimum Gasteiger partial charge on any atom is -0.338 e. The van der Waals surface area contributed by atoms with Crippen molar-refractivity contribution < 1.29 is 18.0 Å². The highest BCUT2D eigenvalue weighted by Gasteiger charge is 2.34. The van der Waals surface area contributed by atoms with Crippen LogP contribution in [-0.2, 0) is 17.4 Å². The fraction of sp³-hybridized carbons (Fsp3) is 0.429. The van der Waals surface area contributed by atoms with Crippen LogP contribution < -0.4 is 0 Å². The molecule has 0 spiro atoms. The fourth-order valence-corrected chi connectivity index (χ4v) is 0.845. The summed E-state index contributed by atoms with van der Waals surface area (Å²) in [5.41, 5.74) is 0.319. The molecule has 0 aromatic carbocycles. The molecule has 1 N–H and O–H groups in total. The van der Waals surface area contributed by atoms with E-state index in [0.29, 0.717) is 12.0 Å². The number of carbonyl (C=O) groups excluding carboxylic acids is 1. The Labute approximate surface area is 72.0 Å². The molecule has 6 heteroatoms. The van der Waals surface area contributed by atoms with Crippen LogP contribution in [0.5, 0.6) is 0 Å². The highest BCUT2D eigenvalue weighted by molar-refractivity contribution is 5.49. The summed E-state index contributed by atoms with van der Waals surface area (Å²) in [5, 5.41) is 0. The van der Waals surface area contributed by atoms with Gasteiger partial charge in [0.05, 0.1) is 0 Å². The molecule has 3 nitrogen and oxygen atoms in total. The third-order valence-corrected chi connectivity index (χ3v) is 1.43. The lowest BCUT2D eigenvalue weighted by molar-refractivity contribution is -0.144.